The molecule has 0 saturated heterocycles. The Hall–Kier alpha value is -2.80. The molecule has 3 aromatic carbocycles. The third-order valence-corrected chi connectivity index (χ3v) is 6.26. The number of hydrogen-bond acceptors (Lipinski definition) is 5. The van der Waals surface area contributed by atoms with Gasteiger partial charge in [-0.1, -0.05) is 72.8 Å². The average Bonchev–Trinajstić information content (AvgIpc) is 3.16. The number of ether oxygens (including phenoxy) is 1. The molecule has 2 unspecified atom stereocenters. The second kappa shape index (κ2) is 10.2. The van der Waals surface area contributed by atoms with Crippen LogP contribution in [0.5, 0.6) is 0 Å². The van der Waals surface area contributed by atoms with Crippen LogP contribution < -0.4 is 5.32 Å². The van der Waals surface area contributed by atoms with Gasteiger partial charge in [0.25, 0.3) is 0 Å². The van der Waals surface area contributed by atoms with Crippen LogP contribution in [0.15, 0.2) is 72.8 Å². The van der Waals surface area contributed by atoms with Crippen molar-refractivity contribution in [3.8, 4) is 11.1 Å². The van der Waals surface area contributed by atoms with E-state index in [1.165, 1.54) is 11.1 Å². The molecule has 1 amide bonds. The lowest BCUT2D eigenvalue weighted by Crippen LogP contribution is -2.30. The van der Waals surface area contributed by atoms with E-state index in [0.29, 0.717) is 11.3 Å². The van der Waals surface area contributed by atoms with Gasteiger partial charge in [-0.05, 0) is 39.8 Å². The molecule has 32 heavy (non-hydrogen) atoms. The highest BCUT2D eigenvalue weighted by molar-refractivity contribution is 7.79. The second-order valence-corrected chi connectivity index (χ2v) is 8.27. The fourth-order valence-electron chi connectivity index (χ4n) is 4.23. The van der Waals surface area contributed by atoms with Gasteiger partial charge in [-0.15, -0.1) is 0 Å². The summed E-state index contributed by atoms with van der Waals surface area (Å²) < 4.78 is 5.49. The van der Waals surface area contributed by atoms with Gasteiger partial charge >= 0.3 is 6.09 Å². The highest BCUT2D eigenvalue weighted by atomic mass is 32.1. The number of benzene rings is 3. The molecular weight excluding hydrogens is 422 g/mol. The Morgan fingerprint density at radius 2 is 1.62 bits per heavy atom. The van der Waals surface area contributed by atoms with E-state index < -0.39 is 18.3 Å². The van der Waals surface area contributed by atoms with E-state index in [-0.39, 0.29) is 25.5 Å². The molecule has 0 fully saturated rings. The van der Waals surface area contributed by atoms with Crippen molar-refractivity contribution in [2.24, 2.45) is 0 Å². The SMILES string of the molecule is O=C(NCCC(O)C(O)c1cccc(CS)c1)OCC1c2ccccc2-c2ccccc21. The number of carbonyl (C=O) groups excluding carboxylic acids is 1. The van der Waals surface area contributed by atoms with Crippen molar-refractivity contribution in [1.29, 1.82) is 0 Å². The molecule has 0 aromatic heterocycles. The number of amides is 1. The number of rotatable bonds is 8. The summed E-state index contributed by atoms with van der Waals surface area (Å²) in [5.41, 5.74) is 6.26. The van der Waals surface area contributed by atoms with Crippen molar-refractivity contribution in [1.82, 2.24) is 5.32 Å². The van der Waals surface area contributed by atoms with Gasteiger partial charge in [0, 0.05) is 18.2 Å². The lowest BCUT2D eigenvalue weighted by atomic mass is 9.98. The van der Waals surface area contributed by atoms with Gasteiger partial charge < -0.3 is 20.3 Å². The molecule has 0 saturated carbocycles. The monoisotopic (exact) mass is 449 g/mol. The van der Waals surface area contributed by atoms with Gasteiger partial charge in [0.15, 0.2) is 0 Å². The van der Waals surface area contributed by atoms with Crippen molar-refractivity contribution in [2.75, 3.05) is 13.2 Å². The van der Waals surface area contributed by atoms with Gasteiger partial charge in [0.2, 0.25) is 0 Å². The molecule has 4 rings (SSSR count). The van der Waals surface area contributed by atoms with Gasteiger partial charge in [0.1, 0.15) is 12.7 Å². The molecule has 3 aromatic rings. The standard InChI is InChI=1S/C26H27NO4S/c28-24(25(29)18-7-5-6-17(14-18)16-32)12-13-27-26(30)31-15-23-21-10-3-1-8-19(21)20-9-2-4-11-22(20)23/h1-11,14,23-25,28-29,32H,12-13,15-16H2,(H,27,30). The quantitative estimate of drug-likeness (QED) is 0.384. The predicted octanol–water partition coefficient (Wildman–Crippen LogP) is 4.44. The molecule has 5 nitrogen and oxygen atoms in total. The second-order valence-electron chi connectivity index (χ2n) is 7.96. The number of fused-ring (bicyclic) bond motifs is 3. The highest BCUT2D eigenvalue weighted by Crippen LogP contribution is 2.44. The summed E-state index contributed by atoms with van der Waals surface area (Å²) in [6.07, 6.45) is -2.36. The zero-order chi connectivity index (χ0) is 22.5. The molecule has 0 bridgehead atoms. The summed E-state index contributed by atoms with van der Waals surface area (Å²) in [6.45, 7) is 0.433. The summed E-state index contributed by atoms with van der Waals surface area (Å²) in [4.78, 5) is 12.2. The van der Waals surface area contributed by atoms with Crippen LogP contribution in [0.2, 0.25) is 0 Å². The Labute approximate surface area is 193 Å². The maximum atomic E-state index is 12.2. The molecule has 3 N–H and O–H groups in total. The van der Waals surface area contributed by atoms with Crippen molar-refractivity contribution in [2.45, 2.75) is 30.3 Å². The Morgan fingerprint density at radius 1 is 0.969 bits per heavy atom. The maximum Gasteiger partial charge on any atom is 0.407 e. The third-order valence-electron chi connectivity index (χ3n) is 5.89. The predicted molar refractivity (Wildman–Crippen MR) is 128 cm³/mol. The molecule has 0 aliphatic heterocycles. The Balaban J connectivity index is 1.28. The smallest absolute Gasteiger partial charge is 0.407 e. The minimum atomic E-state index is -1.03. The van der Waals surface area contributed by atoms with E-state index in [4.69, 9.17) is 4.74 Å². The van der Waals surface area contributed by atoms with Crippen LogP contribution in [0, 0.1) is 0 Å². The molecule has 2 atom stereocenters. The van der Waals surface area contributed by atoms with Gasteiger partial charge in [0.05, 0.1) is 6.10 Å². The zero-order valence-corrected chi connectivity index (χ0v) is 18.5. The highest BCUT2D eigenvalue weighted by Gasteiger charge is 2.29. The first kappa shape index (κ1) is 22.4. The topological polar surface area (TPSA) is 78.8 Å². The first-order valence-electron chi connectivity index (χ1n) is 10.7. The first-order chi connectivity index (χ1) is 15.6. The lowest BCUT2D eigenvalue weighted by Gasteiger charge is -2.19. The molecule has 6 heteroatoms. The summed E-state index contributed by atoms with van der Waals surface area (Å²) in [7, 11) is 0. The van der Waals surface area contributed by atoms with Crippen LogP contribution in [-0.2, 0) is 10.5 Å². The Morgan fingerprint density at radius 3 is 2.28 bits per heavy atom. The van der Waals surface area contributed by atoms with Crippen molar-refractivity contribution in [3.63, 3.8) is 0 Å². The number of hydrogen-bond donors (Lipinski definition) is 4. The maximum absolute atomic E-state index is 12.2. The van der Waals surface area contributed by atoms with Crippen molar-refractivity contribution < 1.29 is 19.7 Å². The van der Waals surface area contributed by atoms with E-state index in [1.807, 2.05) is 42.5 Å². The van der Waals surface area contributed by atoms with Gasteiger partial charge in [-0.25, -0.2) is 4.79 Å². The summed E-state index contributed by atoms with van der Waals surface area (Å²) in [5, 5.41) is 23.4. The number of thiol groups is 1. The van der Waals surface area contributed by atoms with E-state index in [9.17, 15) is 15.0 Å². The largest absolute Gasteiger partial charge is 0.449 e. The Kier molecular flexibility index (Phi) is 7.15. The minimum absolute atomic E-state index is 0.000306. The average molecular weight is 450 g/mol. The number of aliphatic hydroxyl groups is 2. The van der Waals surface area contributed by atoms with Crippen LogP contribution in [-0.4, -0.2) is 35.6 Å². The summed E-state index contributed by atoms with van der Waals surface area (Å²) in [6, 6.07) is 23.7. The molecule has 1 aliphatic carbocycles. The minimum Gasteiger partial charge on any atom is -0.449 e. The molecular formula is C26H27NO4S. The number of aliphatic hydroxyl groups excluding tert-OH is 2. The molecule has 1 aliphatic rings. The van der Waals surface area contributed by atoms with Crippen LogP contribution in [0.3, 0.4) is 0 Å². The van der Waals surface area contributed by atoms with Crippen LogP contribution in [0.4, 0.5) is 4.79 Å². The normalized spacial score (nSPS) is 14.3. The molecule has 0 radical (unpaired) electrons. The lowest BCUT2D eigenvalue weighted by molar-refractivity contribution is 0.0136. The van der Waals surface area contributed by atoms with Crippen LogP contribution >= 0.6 is 12.6 Å². The molecule has 0 spiro atoms. The van der Waals surface area contributed by atoms with Crippen molar-refractivity contribution >= 4 is 18.7 Å². The first-order valence-corrected chi connectivity index (χ1v) is 11.4. The van der Waals surface area contributed by atoms with Gasteiger partial charge in [-0.3, -0.25) is 0 Å². The summed E-state index contributed by atoms with van der Waals surface area (Å²) in [5.74, 6) is 0.555. The van der Waals surface area contributed by atoms with Crippen molar-refractivity contribution in [3.05, 3.63) is 95.1 Å². The third kappa shape index (κ3) is 4.83. The zero-order valence-electron chi connectivity index (χ0n) is 17.6. The van der Waals surface area contributed by atoms with E-state index >= 15 is 0 Å². The van der Waals surface area contributed by atoms with E-state index in [0.717, 1.165) is 16.7 Å². The number of nitrogens with one attached hydrogen (secondary N) is 1. The van der Waals surface area contributed by atoms with Crippen LogP contribution in [0.25, 0.3) is 11.1 Å². The van der Waals surface area contributed by atoms with Crippen LogP contribution in [0.1, 0.15) is 40.7 Å². The van der Waals surface area contributed by atoms with E-state index in [2.05, 4.69) is 42.2 Å². The Bertz CT molecular complexity index is 1040. The fourth-order valence-corrected chi connectivity index (χ4v) is 4.42. The fraction of sp³-hybridized carbons (Fsp3) is 0.269. The molecule has 0 heterocycles. The number of alkyl carbamates (subject to hydrolysis) is 1. The van der Waals surface area contributed by atoms with Gasteiger partial charge in [-0.2, -0.15) is 12.6 Å². The molecule has 166 valence electrons. The summed E-state index contributed by atoms with van der Waals surface area (Å²) >= 11 is 4.23. The van der Waals surface area contributed by atoms with E-state index in [1.54, 1.807) is 6.07 Å². The number of carbonyl (C=O) groups is 1.